The standard InChI is InChI=1S/C21H16OSe/c1-22-21-18-12-6-5-8-15(18)14-16-9-7-13-19(20(16)21)23-17-10-3-2-4-11-17/h2-14H,1H3. The van der Waals surface area contributed by atoms with Gasteiger partial charge in [-0.25, -0.2) is 0 Å². The summed E-state index contributed by atoms with van der Waals surface area (Å²) in [7, 11) is 1.77. The van der Waals surface area contributed by atoms with Crippen molar-refractivity contribution in [1.82, 2.24) is 0 Å². The zero-order valence-corrected chi connectivity index (χ0v) is 14.5. The third-order valence-corrected chi connectivity index (χ3v) is 6.22. The SMILES string of the molecule is COc1c2ccccc2cc2cccc([Se]c3ccccc3)c12. The van der Waals surface area contributed by atoms with Gasteiger partial charge in [0.2, 0.25) is 0 Å². The molecule has 23 heavy (non-hydrogen) atoms. The van der Waals surface area contributed by atoms with Crippen LogP contribution in [0.15, 0.2) is 78.9 Å². The molecule has 1 nitrogen and oxygen atoms in total. The van der Waals surface area contributed by atoms with Crippen molar-refractivity contribution in [3.63, 3.8) is 0 Å². The van der Waals surface area contributed by atoms with Gasteiger partial charge in [-0.05, 0) is 0 Å². The second kappa shape index (κ2) is 6.08. The Balaban J connectivity index is 2.00. The van der Waals surface area contributed by atoms with Crippen molar-refractivity contribution in [2.45, 2.75) is 0 Å². The van der Waals surface area contributed by atoms with Gasteiger partial charge in [0.25, 0.3) is 0 Å². The summed E-state index contributed by atoms with van der Waals surface area (Å²) in [6.07, 6.45) is 0. The van der Waals surface area contributed by atoms with Crippen LogP contribution < -0.4 is 13.7 Å². The molecule has 0 aromatic heterocycles. The van der Waals surface area contributed by atoms with Crippen LogP contribution in [0.2, 0.25) is 0 Å². The Bertz CT molecular complexity index is 977. The quantitative estimate of drug-likeness (QED) is 0.399. The predicted molar refractivity (Wildman–Crippen MR) is 99.5 cm³/mol. The van der Waals surface area contributed by atoms with Crippen LogP contribution in [0.3, 0.4) is 0 Å². The molecular formula is C21H16OSe. The molecule has 2 heteroatoms. The van der Waals surface area contributed by atoms with Gasteiger partial charge in [0, 0.05) is 0 Å². The van der Waals surface area contributed by atoms with Gasteiger partial charge in [0.1, 0.15) is 0 Å². The van der Waals surface area contributed by atoms with E-state index in [0.717, 1.165) is 5.75 Å². The van der Waals surface area contributed by atoms with Gasteiger partial charge in [0.05, 0.1) is 0 Å². The van der Waals surface area contributed by atoms with E-state index in [-0.39, 0.29) is 15.0 Å². The van der Waals surface area contributed by atoms with Gasteiger partial charge < -0.3 is 0 Å². The Hall–Kier alpha value is -2.28. The van der Waals surface area contributed by atoms with Crippen LogP contribution in [-0.2, 0) is 0 Å². The van der Waals surface area contributed by atoms with Crippen LogP contribution in [0.25, 0.3) is 21.5 Å². The summed E-state index contributed by atoms with van der Waals surface area (Å²) >= 11 is 0.260. The summed E-state index contributed by atoms with van der Waals surface area (Å²) in [5.41, 5.74) is 0. The number of benzene rings is 4. The summed E-state index contributed by atoms with van der Waals surface area (Å²) in [6.45, 7) is 0. The molecule has 0 N–H and O–H groups in total. The van der Waals surface area contributed by atoms with E-state index in [1.165, 1.54) is 30.5 Å². The van der Waals surface area contributed by atoms with Gasteiger partial charge >= 0.3 is 142 Å². The molecule has 0 fully saturated rings. The van der Waals surface area contributed by atoms with Gasteiger partial charge in [-0.1, -0.05) is 0 Å². The topological polar surface area (TPSA) is 9.23 Å². The van der Waals surface area contributed by atoms with E-state index in [2.05, 4.69) is 78.9 Å². The van der Waals surface area contributed by atoms with Crippen LogP contribution >= 0.6 is 0 Å². The third-order valence-electron chi connectivity index (χ3n) is 3.98. The molecule has 0 saturated heterocycles. The Labute approximate surface area is 142 Å². The third kappa shape index (κ3) is 2.61. The molecule has 0 saturated carbocycles. The second-order valence-electron chi connectivity index (χ2n) is 5.40. The minimum absolute atomic E-state index is 0.260. The first-order chi connectivity index (χ1) is 11.4. The second-order valence-corrected chi connectivity index (χ2v) is 7.74. The number of methoxy groups -OCH3 is 1. The van der Waals surface area contributed by atoms with Crippen molar-refractivity contribution in [3.8, 4) is 5.75 Å². The average molecular weight is 363 g/mol. The maximum atomic E-state index is 5.83. The molecule has 0 aliphatic carbocycles. The monoisotopic (exact) mass is 364 g/mol. The van der Waals surface area contributed by atoms with E-state index in [4.69, 9.17) is 4.74 Å². The first kappa shape index (κ1) is 14.3. The Morgan fingerprint density at radius 3 is 2.30 bits per heavy atom. The summed E-state index contributed by atoms with van der Waals surface area (Å²) < 4.78 is 8.57. The first-order valence-electron chi connectivity index (χ1n) is 7.58. The number of hydrogen-bond acceptors (Lipinski definition) is 1. The van der Waals surface area contributed by atoms with Crippen molar-refractivity contribution in [3.05, 3.63) is 78.9 Å². The molecule has 0 bridgehead atoms. The van der Waals surface area contributed by atoms with Crippen molar-refractivity contribution in [2.24, 2.45) is 0 Å². The van der Waals surface area contributed by atoms with Crippen LogP contribution in [0.5, 0.6) is 5.75 Å². The van der Waals surface area contributed by atoms with E-state index in [9.17, 15) is 0 Å². The molecule has 0 heterocycles. The molecule has 4 rings (SSSR count). The molecule has 0 amide bonds. The fourth-order valence-corrected chi connectivity index (χ4v) is 5.07. The van der Waals surface area contributed by atoms with Crippen molar-refractivity contribution >= 4 is 45.4 Å². The number of fused-ring (bicyclic) bond motifs is 2. The van der Waals surface area contributed by atoms with Crippen molar-refractivity contribution in [1.29, 1.82) is 0 Å². The predicted octanol–water partition coefficient (Wildman–Crippen LogP) is 3.66. The van der Waals surface area contributed by atoms with Gasteiger partial charge in [0.15, 0.2) is 0 Å². The fourth-order valence-electron chi connectivity index (χ4n) is 2.96. The van der Waals surface area contributed by atoms with Crippen molar-refractivity contribution in [2.75, 3.05) is 7.11 Å². The van der Waals surface area contributed by atoms with E-state index in [1.807, 2.05) is 0 Å². The van der Waals surface area contributed by atoms with Crippen LogP contribution in [-0.4, -0.2) is 22.1 Å². The molecule has 0 atom stereocenters. The van der Waals surface area contributed by atoms with Crippen molar-refractivity contribution < 1.29 is 4.74 Å². The number of hydrogen-bond donors (Lipinski definition) is 0. The molecule has 0 unspecified atom stereocenters. The Kier molecular flexibility index (Phi) is 3.78. The molecule has 112 valence electrons. The summed E-state index contributed by atoms with van der Waals surface area (Å²) in [5.74, 6) is 0.992. The molecule has 0 radical (unpaired) electrons. The molecule has 4 aromatic carbocycles. The maximum absolute atomic E-state index is 5.83. The van der Waals surface area contributed by atoms with Crippen LogP contribution in [0.4, 0.5) is 0 Å². The Morgan fingerprint density at radius 1 is 0.739 bits per heavy atom. The molecule has 0 aliphatic heterocycles. The molecular weight excluding hydrogens is 347 g/mol. The van der Waals surface area contributed by atoms with Gasteiger partial charge in [-0.15, -0.1) is 0 Å². The zero-order valence-electron chi connectivity index (χ0n) is 12.8. The summed E-state index contributed by atoms with van der Waals surface area (Å²) in [6, 6.07) is 27.9. The average Bonchev–Trinajstić information content (AvgIpc) is 2.61. The van der Waals surface area contributed by atoms with E-state index >= 15 is 0 Å². The molecule has 4 aromatic rings. The van der Waals surface area contributed by atoms with E-state index in [1.54, 1.807) is 7.11 Å². The number of rotatable bonds is 3. The molecule has 0 aliphatic rings. The fraction of sp³-hybridized carbons (Fsp3) is 0.0476. The summed E-state index contributed by atoms with van der Waals surface area (Å²) in [4.78, 5) is 0. The van der Waals surface area contributed by atoms with E-state index in [0.29, 0.717) is 0 Å². The first-order valence-corrected chi connectivity index (χ1v) is 9.29. The van der Waals surface area contributed by atoms with Crippen LogP contribution in [0.1, 0.15) is 0 Å². The molecule has 0 spiro atoms. The van der Waals surface area contributed by atoms with Crippen LogP contribution in [0, 0.1) is 0 Å². The minimum atomic E-state index is 0.260. The zero-order chi connectivity index (χ0) is 15.6. The summed E-state index contributed by atoms with van der Waals surface area (Å²) in [5, 5.41) is 4.90. The number of ether oxygens (including phenoxy) is 1. The van der Waals surface area contributed by atoms with E-state index < -0.39 is 0 Å². The van der Waals surface area contributed by atoms with Gasteiger partial charge in [-0.2, -0.15) is 0 Å². The normalized spacial score (nSPS) is 11.0. The van der Waals surface area contributed by atoms with Gasteiger partial charge in [-0.3, -0.25) is 0 Å². The Morgan fingerprint density at radius 2 is 1.48 bits per heavy atom.